The summed E-state index contributed by atoms with van der Waals surface area (Å²) >= 11 is 1.61. The summed E-state index contributed by atoms with van der Waals surface area (Å²) in [4.78, 5) is 12.1. The minimum Gasteiger partial charge on any atom is -0.389 e. The van der Waals surface area contributed by atoms with Crippen molar-refractivity contribution < 1.29 is 9.90 Å². The van der Waals surface area contributed by atoms with E-state index in [1.54, 1.807) is 11.3 Å². The number of nitrogens with one attached hydrogen (secondary N) is 2. The second kappa shape index (κ2) is 5.82. The minimum atomic E-state index is -0.522. The minimum absolute atomic E-state index is 0.0518. The number of hydrogen-bond acceptors (Lipinski definition) is 4. The van der Waals surface area contributed by atoms with Crippen molar-refractivity contribution >= 4 is 22.9 Å². The Morgan fingerprint density at radius 1 is 1.50 bits per heavy atom. The molecular weight excluding hydrogens is 248 g/mol. The van der Waals surface area contributed by atoms with E-state index in [1.807, 2.05) is 11.4 Å². The molecule has 1 fully saturated rings. The summed E-state index contributed by atoms with van der Waals surface area (Å²) in [6.45, 7) is 2.83. The van der Waals surface area contributed by atoms with E-state index in [4.69, 9.17) is 0 Å². The monoisotopic (exact) mass is 268 g/mol. The average molecular weight is 268 g/mol. The van der Waals surface area contributed by atoms with Crippen LogP contribution in [-0.4, -0.2) is 23.2 Å². The summed E-state index contributed by atoms with van der Waals surface area (Å²) in [5.74, 6) is -0.0518. The van der Waals surface area contributed by atoms with Crippen molar-refractivity contribution in [1.29, 1.82) is 0 Å². The van der Waals surface area contributed by atoms with Crippen molar-refractivity contribution in [3.63, 3.8) is 0 Å². The van der Waals surface area contributed by atoms with Gasteiger partial charge in [0, 0.05) is 24.9 Å². The maximum Gasteiger partial charge on any atom is 0.221 e. The Labute approximate surface area is 111 Å². The highest BCUT2D eigenvalue weighted by Gasteiger charge is 2.30. The van der Waals surface area contributed by atoms with Crippen molar-refractivity contribution in [2.24, 2.45) is 0 Å². The molecule has 0 bridgehead atoms. The Hall–Kier alpha value is -0.910. The Balaban J connectivity index is 1.83. The molecule has 1 saturated carbocycles. The maximum atomic E-state index is 11.0. The third-order valence-corrected chi connectivity index (χ3v) is 4.25. The molecule has 2 rings (SSSR count). The van der Waals surface area contributed by atoms with Crippen LogP contribution in [0.4, 0.5) is 5.69 Å². The molecule has 0 saturated heterocycles. The van der Waals surface area contributed by atoms with Crippen LogP contribution in [-0.2, 0) is 11.3 Å². The van der Waals surface area contributed by atoms with Crippen LogP contribution >= 0.6 is 11.3 Å². The fourth-order valence-corrected chi connectivity index (χ4v) is 3.20. The predicted molar refractivity (Wildman–Crippen MR) is 73.7 cm³/mol. The van der Waals surface area contributed by atoms with Gasteiger partial charge < -0.3 is 15.7 Å². The van der Waals surface area contributed by atoms with E-state index in [9.17, 15) is 9.90 Å². The average Bonchev–Trinajstić information content (AvgIpc) is 2.89. The van der Waals surface area contributed by atoms with E-state index in [0.717, 1.165) is 36.2 Å². The molecule has 0 spiro atoms. The number of thiophene rings is 1. The number of amides is 1. The first kappa shape index (κ1) is 13.5. The summed E-state index contributed by atoms with van der Waals surface area (Å²) in [5, 5.41) is 18.3. The van der Waals surface area contributed by atoms with Crippen molar-refractivity contribution in [1.82, 2.24) is 5.32 Å². The van der Waals surface area contributed by atoms with Gasteiger partial charge in [-0.05, 0) is 24.3 Å². The lowest BCUT2D eigenvalue weighted by molar-refractivity contribution is -0.114. The molecule has 0 atom stereocenters. The van der Waals surface area contributed by atoms with Crippen LogP contribution in [0.15, 0.2) is 11.4 Å². The van der Waals surface area contributed by atoms with Gasteiger partial charge in [-0.3, -0.25) is 4.79 Å². The van der Waals surface area contributed by atoms with Crippen LogP contribution in [0, 0.1) is 0 Å². The highest BCUT2D eigenvalue weighted by molar-refractivity contribution is 7.10. The van der Waals surface area contributed by atoms with Crippen LogP contribution in [0.25, 0.3) is 0 Å². The van der Waals surface area contributed by atoms with Crippen LogP contribution in [0.5, 0.6) is 0 Å². The van der Waals surface area contributed by atoms with E-state index < -0.39 is 5.60 Å². The number of anilines is 1. The first-order chi connectivity index (χ1) is 8.59. The molecule has 1 aliphatic carbocycles. The summed E-state index contributed by atoms with van der Waals surface area (Å²) in [6.07, 6.45) is 4.02. The molecule has 1 aliphatic rings. The Bertz CT molecular complexity index is 411. The first-order valence-electron chi connectivity index (χ1n) is 6.36. The van der Waals surface area contributed by atoms with Crippen molar-refractivity contribution in [2.75, 3.05) is 11.9 Å². The standard InChI is InChI=1S/C13H20N2O2S/c1-10(16)15-11-4-7-18-12(11)8-14-9-13(17)5-2-3-6-13/h4,7,14,17H,2-3,5-6,8-9H2,1H3,(H,15,16). The molecule has 1 heterocycles. The lowest BCUT2D eigenvalue weighted by Crippen LogP contribution is -2.37. The third kappa shape index (κ3) is 3.54. The van der Waals surface area contributed by atoms with Gasteiger partial charge in [0.2, 0.25) is 5.91 Å². The summed E-state index contributed by atoms with van der Waals surface area (Å²) in [6, 6.07) is 1.91. The number of hydrogen-bond donors (Lipinski definition) is 3. The van der Waals surface area contributed by atoms with Gasteiger partial charge in [-0.2, -0.15) is 0 Å². The number of rotatable bonds is 5. The van der Waals surface area contributed by atoms with Gasteiger partial charge >= 0.3 is 0 Å². The fraction of sp³-hybridized carbons (Fsp3) is 0.615. The number of carbonyl (C=O) groups excluding carboxylic acids is 1. The largest absolute Gasteiger partial charge is 0.389 e. The predicted octanol–water partition coefficient (Wildman–Crippen LogP) is 2.10. The van der Waals surface area contributed by atoms with Crippen LogP contribution < -0.4 is 10.6 Å². The Morgan fingerprint density at radius 3 is 2.89 bits per heavy atom. The number of carbonyl (C=O) groups is 1. The van der Waals surface area contributed by atoms with Crippen LogP contribution in [0.3, 0.4) is 0 Å². The van der Waals surface area contributed by atoms with Gasteiger partial charge in [-0.15, -0.1) is 11.3 Å². The highest BCUT2D eigenvalue weighted by atomic mass is 32.1. The van der Waals surface area contributed by atoms with E-state index in [-0.39, 0.29) is 5.91 Å². The fourth-order valence-electron chi connectivity index (χ4n) is 2.40. The molecule has 0 radical (unpaired) electrons. The number of aliphatic hydroxyl groups is 1. The van der Waals surface area contributed by atoms with Crippen molar-refractivity contribution in [3.8, 4) is 0 Å². The van der Waals surface area contributed by atoms with Gasteiger partial charge in [0.15, 0.2) is 0 Å². The van der Waals surface area contributed by atoms with Gasteiger partial charge in [-0.1, -0.05) is 12.8 Å². The molecule has 1 aromatic rings. The van der Waals surface area contributed by atoms with Crippen LogP contribution in [0.1, 0.15) is 37.5 Å². The van der Waals surface area contributed by atoms with Crippen molar-refractivity contribution in [2.45, 2.75) is 44.8 Å². The maximum absolute atomic E-state index is 11.0. The highest BCUT2D eigenvalue weighted by Crippen LogP contribution is 2.29. The van der Waals surface area contributed by atoms with Gasteiger partial charge in [0.05, 0.1) is 11.3 Å². The van der Waals surface area contributed by atoms with E-state index >= 15 is 0 Å². The molecule has 5 heteroatoms. The van der Waals surface area contributed by atoms with E-state index in [1.165, 1.54) is 6.92 Å². The molecule has 0 aromatic carbocycles. The molecule has 100 valence electrons. The molecule has 1 amide bonds. The zero-order chi connectivity index (χ0) is 13.0. The quantitative estimate of drug-likeness (QED) is 0.766. The third-order valence-electron chi connectivity index (χ3n) is 3.33. The summed E-state index contributed by atoms with van der Waals surface area (Å²) in [5.41, 5.74) is 0.351. The lowest BCUT2D eigenvalue weighted by atomic mass is 10.0. The second-order valence-electron chi connectivity index (χ2n) is 4.97. The summed E-state index contributed by atoms with van der Waals surface area (Å²) in [7, 11) is 0. The molecule has 0 aliphatic heterocycles. The molecule has 4 nitrogen and oxygen atoms in total. The Kier molecular flexibility index (Phi) is 4.37. The smallest absolute Gasteiger partial charge is 0.221 e. The second-order valence-corrected chi connectivity index (χ2v) is 5.97. The zero-order valence-corrected chi connectivity index (χ0v) is 11.5. The normalized spacial score (nSPS) is 17.9. The van der Waals surface area contributed by atoms with Crippen molar-refractivity contribution in [3.05, 3.63) is 16.3 Å². The van der Waals surface area contributed by atoms with Gasteiger partial charge in [-0.25, -0.2) is 0 Å². The molecule has 18 heavy (non-hydrogen) atoms. The Morgan fingerprint density at radius 2 is 2.22 bits per heavy atom. The van der Waals surface area contributed by atoms with Gasteiger partial charge in [0.25, 0.3) is 0 Å². The van der Waals surface area contributed by atoms with Crippen LogP contribution in [0.2, 0.25) is 0 Å². The molecule has 0 unspecified atom stereocenters. The lowest BCUT2D eigenvalue weighted by Gasteiger charge is -2.22. The SMILES string of the molecule is CC(=O)Nc1ccsc1CNCC1(O)CCCC1. The topological polar surface area (TPSA) is 61.4 Å². The van der Waals surface area contributed by atoms with E-state index in [2.05, 4.69) is 10.6 Å². The molecular formula is C13H20N2O2S. The molecule has 3 N–H and O–H groups in total. The first-order valence-corrected chi connectivity index (χ1v) is 7.24. The zero-order valence-electron chi connectivity index (χ0n) is 10.7. The summed E-state index contributed by atoms with van der Waals surface area (Å²) < 4.78 is 0. The van der Waals surface area contributed by atoms with Gasteiger partial charge in [0.1, 0.15) is 0 Å². The van der Waals surface area contributed by atoms with E-state index in [0.29, 0.717) is 13.1 Å². The molecule has 1 aromatic heterocycles.